The molecule has 0 radical (unpaired) electrons. The van der Waals surface area contributed by atoms with Crippen molar-refractivity contribution in [1.82, 2.24) is 25.1 Å². The van der Waals surface area contributed by atoms with E-state index in [1.54, 1.807) is 29.4 Å². The van der Waals surface area contributed by atoms with E-state index in [9.17, 15) is 14.3 Å². The second-order valence-corrected chi connectivity index (χ2v) is 9.38. The molecule has 2 fully saturated rings. The number of halogens is 1. The van der Waals surface area contributed by atoms with E-state index in [1.807, 2.05) is 6.07 Å². The summed E-state index contributed by atoms with van der Waals surface area (Å²) in [4.78, 5) is 23.3. The van der Waals surface area contributed by atoms with E-state index < -0.39 is 6.10 Å². The quantitative estimate of drug-likeness (QED) is 0.590. The topological polar surface area (TPSA) is 104 Å². The molecule has 4 heterocycles. The number of anilines is 1. The molecule has 1 atom stereocenters. The number of thiazole rings is 1. The zero-order valence-corrected chi connectivity index (χ0v) is 18.2. The van der Waals surface area contributed by atoms with Gasteiger partial charge < -0.3 is 15.3 Å². The summed E-state index contributed by atoms with van der Waals surface area (Å²) in [6.45, 7) is 1.44. The van der Waals surface area contributed by atoms with Gasteiger partial charge in [-0.25, -0.2) is 9.37 Å². The molecule has 1 saturated carbocycles. The first-order valence-electron chi connectivity index (χ1n) is 10.7. The fourth-order valence-corrected chi connectivity index (χ4v) is 5.10. The highest BCUT2D eigenvalue weighted by Crippen LogP contribution is 2.43. The van der Waals surface area contributed by atoms with Gasteiger partial charge >= 0.3 is 0 Å². The first-order chi connectivity index (χ1) is 15.5. The molecule has 1 aliphatic carbocycles. The van der Waals surface area contributed by atoms with Gasteiger partial charge in [0.05, 0.1) is 18.0 Å². The minimum atomic E-state index is -0.453. The molecule has 0 bridgehead atoms. The van der Waals surface area contributed by atoms with E-state index in [0.717, 1.165) is 19.3 Å². The van der Waals surface area contributed by atoms with Crippen molar-refractivity contribution in [3.63, 3.8) is 0 Å². The van der Waals surface area contributed by atoms with Crippen LogP contribution >= 0.6 is 11.3 Å². The van der Waals surface area contributed by atoms with Crippen LogP contribution in [0.4, 0.5) is 10.2 Å². The normalized spacial score (nSPS) is 19.6. The van der Waals surface area contributed by atoms with Crippen LogP contribution in [0.25, 0.3) is 10.7 Å². The van der Waals surface area contributed by atoms with Gasteiger partial charge in [-0.3, -0.25) is 9.78 Å². The summed E-state index contributed by atoms with van der Waals surface area (Å²) in [5.74, 6) is 0.201. The van der Waals surface area contributed by atoms with Crippen LogP contribution in [0.1, 0.15) is 41.0 Å². The zero-order valence-electron chi connectivity index (χ0n) is 17.4. The maximum atomic E-state index is 14.3. The number of β-amino-alcohol motifs (C(OH)–C–C–N with tert-alkyl or cyclic N) is 1. The summed E-state index contributed by atoms with van der Waals surface area (Å²) >= 11 is 1.26. The van der Waals surface area contributed by atoms with Gasteiger partial charge in [0.15, 0.2) is 0 Å². The first kappa shape index (κ1) is 20.9. The minimum Gasteiger partial charge on any atom is -0.391 e. The van der Waals surface area contributed by atoms with Crippen molar-refractivity contribution in [1.29, 1.82) is 0 Å². The lowest BCUT2D eigenvalue weighted by Gasteiger charge is -2.41. The van der Waals surface area contributed by atoms with Crippen molar-refractivity contribution in [3.8, 4) is 10.7 Å². The Morgan fingerprint density at radius 3 is 2.81 bits per heavy atom. The molecule has 5 rings (SSSR count). The third-order valence-corrected chi connectivity index (χ3v) is 7.24. The number of likely N-dealkylation sites (tertiary alicyclic amines) is 1. The van der Waals surface area contributed by atoms with Crippen LogP contribution < -0.4 is 5.32 Å². The largest absolute Gasteiger partial charge is 0.391 e. The van der Waals surface area contributed by atoms with Crippen LogP contribution in [-0.4, -0.2) is 61.8 Å². The maximum Gasteiger partial charge on any atom is 0.265 e. The smallest absolute Gasteiger partial charge is 0.265 e. The third-order valence-electron chi connectivity index (χ3n) is 6.23. The van der Waals surface area contributed by atoms with Gasteiger partial charge in [-0.15, -0.1) is 21.5 Å². The number of carbonyl (C=O) groups excluding carboxylic acids is 1. The second-order valence-electron chi connectivity index (χ2n) is 8.35. The molecule has 1 aliphatic heterocycles. The molecule has 8 nitrogen and oxygen atoms in total. The molecule has 0 spiro atoms. The number of hydrogen-bond donors (Lipinski definition) is 2. The highest BCUT2D eigenvalue weighted by Gasteiger charge is 2.41. The van der Waals surface area contributed by atoms with Gasteiger partial charge in [0.1, 0.15) is 27.2 Å². The van der Waals surface area contributed by atoms with E-state index in [2.05, 4.69) is 25.5 Å². The van der Waals surface area contributed by atoms with Gasteiger partial charge in [-0.1, -0.05) is 6.42 Å². The van der Waals surface area contributed by atoms with E-state index >= 15 is 0 Å². The summed E-state index contributed by atoms with van der Waals surface area (Å²) < 4.78 is 14.3. The molecule has 1 unspecified atom stereocenters. The van der Waals surface area contributed by atoms with Crippen molar-refractivity contribution in [3.05, 3.63) is 53.0 Å². The highest BCUT2D eigenvalue weighted by molar-refractivity contribution is 7.16. The van der Waals surface area contributed by atoms with E-state index in [4.69, 9.17) is 0 Å². The summed E-state index contributed by atoms with van der Waals surface area (Å²) in [5, 5.41) is 22.0. The van der Waals surface area contributed by atoms with Crippen molar-refractivity contribution in [2.45, 2.75) is 37.2 Å². The van der Waals surface area contributed by atoms with Crippen molar-refractivity contribution in [2.75, 3.05) is 25.0 Å². The Bertz CT molecular complexity index is 1120. The van der Waals surface area contributed by atoms with Gasteiger partial charge in [0.25, 0.3) is 5.91 Å². The van der Waals surface area contributed by atoms with Crippen LogP contribution in [0.5, 0.6) is 0 Å². The third kappa shape index (κ3) is 3.95. The van der Waals surface area contributed by atoms with Crippen LogP contribution in [0.2, 0.25) is 0 Å². The average Bonchev–Trinajstić information content (AvgIpc) is 3.44. The van der Waals surface area contributed by atoms with Crippen LogP contribution in [0.3, 0.4) is 0 Å². The standard InChI is InChI=1S/C22H23FN6O2S/c23-15-3-1-9-24-19(15)22(7-2-8-22)13-26-18-5-4-16(27-28-18)20-25-11-17(32-20)21(31)29-10-6-14(30)12-29/h1,3-5,9,11,14,30H,2,6-8,10,12-13H2,(H,26,28). The number of pyridine rings is 1. The number of aliphatic hydroxyl groups excluding tert-OH is 1. The summed E-state index contributed by atoms with van der Waals surface area (Å²) in [6, 6.07) is 6.67. The van der Waals surface area contributed by atoms with E-state index in [0.29, 0.717) is 53.1 Å². The molecule has 3 aromatic rings. The van der Waals surface area contributed by atoms with Crippen molar-refractivity contribution in [2.24, 2.45) is 0 Å². The number of rotatable bonds is 6. The molecule has 1 saturated heterocycles. The van der Waals surface area contributed by atoms with Crippen LogP contribution in [-0.2, 0) is 5.41 Å². The number of nitrogens with one attached hydrogen (secondary N) is 1. The Morgan fingerprint density at radius 1 is 1.28 bits per heavy atom. The predicted octanol–water partition coefficient (Wildman–Crippen LogP) is 2.87. The maximum absolute atomic E-state index is 14.3. The Hall–Kier alpha value is -2.98. The summed E-state index contributed by atoms with van der Waals surface area (Å²) in [7, 11) is 0. The summed E-state index contributed by atoms with van der Waals surface area (Å²) in [5.41, 5.74) is 0.767. The molecule has 3 aromatic heterocycles. The lowest BCUT2D eigenvalue weighted by atomic mass is 9.66. The lowest BCUT2D eigenvalue weighted by Crippen LogP contribution is -2.42. The van der Waals surface area contributed by atoms with E-state index in [1.165, 1.54) is 17.4 Å². The molecule has 2 aliphatic rings. The van der Waals surface area contributed by atoms with Gasteiger partial charge in [0.2, 0.25) is 0 Å². The SMILES string of the molecule is O=C(c1cnc(-c2ccc(NCC3(c4ncccc4F)CCC3)nn2)s1)N1CCC(O)C1. The van der Waals surface area contributed by atoms with Crippen molar-refractivity contribution < 1.29 is 14.3 Å². The van der Waals surface area contributed by atoms with Gasteiger partial charge in [-0.2, -0.15) is 0 Å². The summed E-state index contributed by atoms with van der Waals surface area (Å²) in [6.07, 6.45) is 6.13. The fourth-order valence-electron chi connectivity index (χ4n) is 4.25. The number of carbonyl (C=O) groups is 1. The molecule has 1 amide bonds. The number of aliphatic hydroxyl groups is 1. The second kappa shape index (κ2) is 8.51. The lowest BCUT2D eigenvalue weighted by molar-refractivity contribution is 0.0769. The number of hydrogen-bond acceptors (Lipinski definition) is 8. The molecule has 2 N–H and O–H groups in total. The molecule has 32 heavy (non-hydrogen) atoms. The van der Waals surface area contributed by atoms with Crippen LogP contribution in [0, 0.1) is 5.82 Å². The Labute approximate surface area is 188 Å². The van der Waals surface area contributed by atoms with E-state index in [-0.39, 0.29) is 17.1 Å². The Morgan fingerprint density at radius 2 is 2.16 bits per heavy atom. The molecule has 0 aromatic carbocycles. The monoisotopic (exact) mass is 454 g/mol. The zero-order chi connectivity index (χ0) is 22.1. The Kier molecular flexibility index (Phi) is 5.56. The number of aromatic nitrogens is 4. The molecule has 10 heteroatoms. The van der Waals surface area contributed by atoms with Gasteiger partial charge in [-0.05, 0) is 43.5 Å². The minimum absolute atomic E-state index is 0.121. The van der Waals surface area contributed by atoms with Gasteiger partial charge in [0, 0.05) is 31.2 Å². The highest BCUT2D eigenvalue weighted by atomic mass is 32.1. The predicted molar refractivity (Wildman–Crippen MR) is 118 cm³/mol. The number of amides is 1. The van der Waals surface area contributed by atoms with Crippen LogP contribution in [0.15, 0.2) is 36.7 Å². The Balaban J connectivity index is 1.25. The fraction of sp³-hybridized carbons (Fsp3) is 0.409. The molecular weight excluding hydrogens is 431 g/mol. The molecular formula is C22H23FN6O2S. The molecule has 166 valence electrons. The average molecular weight is 455 g/mol. The van der Waals surface area contributed by atoms with Crippen molar-refractivity contribution >= 4 is 23.1 Å². The number of nitrogens with zero attached hydrogens (tertiary/aromatic N) is 5. The first-order valence-corrected chi connectivity index (χ1v) is 11.5.